The highest BCUT2D eigenvalue weighted by molar-refractivity contribution is 5.78. The van der Waals surface area contributed by atoms with Crippen LogP contribution in [-0.4, -0.2) is 37.0 Å². The highest BCUT2D eigenvalue weighted by Gasteiger charge is 2.22. The van der Waals surface area contributed by atoms with Crippen LogP contribution < -0.4 is 5.32 Å². The van der Waals surface area contributed by atoms with Crippen molar-refractivity contribution < 1.29 is 4.79 Å². The molecule has 16 heavy (non-hydrogen) atoms. The molecule has 1 aliphatic rings. The van der Waals surface area contributed by atoms with Crippen molar-refractivity contribution in [2.45, 2.75) is 18.9 Å². The predicted molar refractivity (Wildman–Crippen MR) is 64.2 cm³/mol. The van der Waals surface area contributed by atoms with Gasteiger partial charge in [0.2, 0.25) is 5.91 Å². The molecular formula is C13H18N2O. The van der Waals surface area contributed by atoms with Gasteiger partial charge in [0.1, 0.15) is 0 Å². The Kier molecular flexibility index (Phi) is 3.57. The topological polar surface area (TPSA) is 32.3 Å². The summed E-state index contributed by atoms with van der Waals surface area (Å²) in [5.74, 6) is 0.208. The van der Waals surface area contributed by atoms with Gasteiger partial charge in [-0.15, -0.1) is 0 Å². The monoisotopic (exact) mass is 218 g/mol. The number of amides is 1. The molecule has 1 amide bonds. The summed E-state index contributed by atoms with van der Waals surface area (Å²) >= 11 is 0. The van der Waals surface area contributed by atoms with Crippen LogP contribution >= 0.6 is 0 Å². The summed E-state index contributed by atoms with van der Waals surface area (Å²) in [6.07, 6.45) is 1.57. The van der Waals surface area contributed by atoms with Gasteiger partial charge in [-0.25, -0.2) is 0 Å². The van der Waals surface area contributed by atoms with E-state index in [0.29, 0.717) is 12.5 Å². The molecule has 3 nitrogen and oxygen atoms in total. The maximum atomic E-state index is 12.0. The van der Waals surface area contributed by atoms with E-state index in [-0.39, 0.29) is 5.91 Å². The average molecular weight is 218 g/mol. The summed E-state index contributed by atoms with van der Waals surface area (Å²) in [4.78, 5) is 13.9. The van der Waals surface area contributed by atoms with Gasteiger partial charge in [-0.2, -0.15) is 0 Å². The Morgan fingerprint density at radius 2 is 2.19 bits per heavy atom. The van der Waals surface area contributed by atoms with E-state index in [0.717, 1.165) is 25.1 Å². The number of hydrogen-bond donors (Lipinski definition) is 1. The molecule has 1 atom stereocenters. The van der Waals surface area contributed by atoms with Gasteiger partial charge < -0.3 is 10.2 Å². The second kappa shape index (κ2) is 5.12. The highest BCUT2D eigenvalue weighted by Crippen LogP contribution is 2.09. The zero-order valence-corrected chi connectivity index (χ0v) is 9.65. The lowest BCUT2D eigenvalue weighted by Gasteiger charge is -2.23. The first kappa shape index (κ1) is 11.1. The summed E-state index contributed by atoms with van der Waals surface area (Å²) in [5, 5.41) is 3.28. The van der Waals surface area contributed by atoms with Gasteiger partial charge in [0.05, 0.1) is 6.42 Å². The van der Waals surface area contributed by atoms with Crippen LogP contribution in [0.4, 0.5) is 0 Å². The molecule has 0 radical (unpaired) electrons. The molecule has 0 spiro atoms. The normalized spacial score (nSPS) is 19.7. The van der Waals surface area contributed by atoms with Gasteiger partial charge in [-0.3, -0.25) is 4.79 Å². The molecule has 3 heteroatoms. The van der Waals surface area contributed by atoms with Crippen LogP contribution in [0.5, 0.6) is 0 Å². The summed E-state index contributed by atoms with van der Waals surface area (Å²) in [6.45, 7) is 1.95. The van der Waals surface area contributed by atoms with E-state index in [1.54, 1.807) is 0 Å². The Morgan fingerprint density at radius 3 is 2.81 bits per heavy atom. The number of nitrogens with zero attached hydrogens (tertiary/aromatic N) is 1. The van der Waals surface area contributed by atoms with Crippen LogP contribution in [0.25, 0.3) is 0 Å². The minimum atomic E-state index is 0.208. The molecule has 0 unspecified atom stereocenters. The van der Waals surface area contributed by atoms with Gasteiger partial charge in [-0.1, -0.05) is 30.3 Å². The minimum absolute atomic E-state index is 0.208. The van der Waals surface area contributed by atoms with Crippen molar-refractivity contribution in [3.05, 3.63) is 35.9 Å². The van der Waals surface area contributed by atoms with E-state index in [1.807, 2.05) is 42.3 Å². The minimum Gasteiger partial charge on any atom is -0.341 e. The molecule has 86 valence electrons. The Labute approximate surface area is 96.5 Å². The number of carbonyl (C=O) groups is 1. The zero-order valence-electron chi connectivity index (χ0n) is 9.65. The maximum absolute atomic E-state index is 12.0. The van der Waals surface area contributed by atoms with Crippen molar-refractivity contribution in [3.8, 4) is 0 Å². The molecule has 1 heterocycles. The van der Waals surface area contributed by atoms with Crippen LogP contribution in [0.2, 0.25) is 0 Å². The van der Waals surface area contributed by atoms with Crippen molar-refractivity contribution in [1.82, 2.24) is 10.2 Å². The molecule has 2 rings (SSSR count). The second-order valence-electron chi connectivity index (χ2n) is 4.31. The number of benzene rings is 1. The standard InChI is InChI=1S/C13H18N2O/c1-15(12-7-8-14-10-12)13(16)9-11-5-3-2-4-6-11/h2-6,12,14H,7-10H2,1H3/t12-/m1/s1. The fraction of sp³-hybridized carbons (Fsp3) is 0.462. The maximum Gasteiger partial charge on any atom is 0.227 e. The zero-order chi connectivity index (χ0) is 11.4. The van der Waals surface area contributed by atoms with Crippen molar-refractivity contribution >= 4 is 5.91 Å². The first-order valence-electron chi connectivity index (χ1n) is 5.77. The molecule has 1 N–H and O–H groups in total. The van der Waals surface area contributed by atoms with Crippen molar-refractivity contribution in [2.75, 3.05) is 20.1 Å². The fourth-order valence-corrected chi connectivity index (χ4v) is 2.07. The van der Waals surface area contributed by atoms with E-state index in [9.17, 15) is 4.79 Å². The molecule has 0 aliphatic carbocycles. The predicted octanol–water partition coefficient (Wildman–Crippen LogP) is 1.05. The van der Waals surface area contributed by atoms with E-state index >= 15 is 0 Å². The highest BCUT2D eigenvalue weighted by atomic mass is 16.2. The third kappa shape index (κ3) is 2.61. The number of carbonyl (C=O) groups excluding carboxylic acids is 1. The quantitative estimate of drug-likeness (QED) is 0.822. The van der Waals surface area contributed by atoms with E-state index < -0.39 is 0 Å². The summed E-state index contributed by atoms with van der Waals surface area (Å²) < 4.78 is 0. The summed E-state index contributed by atoms with van der Waals surface area (Å²) in [5.41, 5.74) is 1.09. The third-order valence-electron chi connectivity index (χ3n) is 3.17. The van der Waals surface area contributed by atoms with Crippen LogP contribution in [0.3, 0.4) is 0 Å². The van der Waals surface area contributed by atoms with Gasteiger partial charge in [0.25, 0.3) is 0 Å². The average Bonchev–Trinajstić information content (AvgIpc) is 2.83. The molecule has 0 aromatic heterocycles. The molecular weight excluding hydrogens is 200 g/mol. The van der Waals surface area contributed by atoms with Gasteiger partial charge in [0, 0.05) is 19.6 Å². The lowest BCUT2D eigenvalue weighted by Crippen LogP contribution is -2.39. The summed E-state index contributed by atoms with van der Waals surface area (Å²) in [6, 6.07) is 10.3. The lowest BCUT2D eigenvalue weighted by molar-refractivity contribution is -0.130. The molecule has 1 aromatic rings. The fourth-order valence-electron chi connectivity index (χ4n) is 2.07. The third-order valence-corrected chi connectivity index (χ3v) is 3.17. The van der Waals surface area contributed by atoms with E-state index in [2.05, 4.69) is 5.32 Å². The number of rotatable bonds is 3. The molecule has 1 fully saturated rings. The first-order chi connectivity index (χ1) is 7.77. The van der Waals surface area contributed by atoms with Crippen molar-refractivity contribution in [3.63, 3.8) is 0 Å². The van der Waals surface area contributed by atoms with Crippen LogP contribution in [-0.2, 0) is 11.2 Å². The molecule has 1 aliphatic heterocycles. The number of likely N-dealkylation sites (N-methyl/N-ethyl adjacent to an activating group) is 1. The van der Waals surface area contributed by atoms with Crippen molar-refractivity contribution in [2.24, 2.45) is 0 Å². The molecule has 0 bridgehead atoms. The molecule has 1 saturated heterocycles. The van der Waals surface area contributed by atoms with Gasteiger partial charge in [0.15, 0.2) is 0 Å². The summed E-state index contributed by atoms with van der Waals surface area (Å²) in [7, 11) is 1.91. The van der Waals surface area contributed by atoms with E-state index in [1.165, 1.54) is 0 Å². The number of hydrogen-bond acceptors (Lipinski definition) is 2. The Balaban J connectivity index is 1.92. The van der Waals surface area contributed by atoms with Crippen LogP contribution in [0.1, 0.15) is 12.0 Å². The first-order valence-corrected chi connectivity index (χ1v) is 5.77. The largest absolute Gasteiger partial charge is 0.341 e. The van der Waals surface area contributed by atoms with Crippen LogP contribution in [0.15, 0.2) is 30.3 Å². The Hall–Kier alpha value is -1.35. The number of nitrogens with one attached hydrogen (secondary N) is 1. The van der Waals surface area contributed by atoms with Crippen molar-refractivity contribution in [1.29, 1.82) is 0 Å². The van der Waals surface area contributed by atoms with Gasteiger partial charge >= 0.3 is 0 Å². The lowest BCUT2D eigenvalue weighted by atomic mass is 10.1. The van der Waals surface area contributed by atoms with E-state index in [4.69, 9.17) is 0 Å². The molecule has 1 aromatic carbocycles. The second-order valence-corrected chi connectivity index (χ2v) is 4.31. The Morgan fingerprint density at radius 1 is 1.44 bits per heavy atom. The SMILES string of the molecule is CN(C(=O)Cc1ccccc1)[C@@H]1CCNC1. The smallest absolute Gasteiger partial charge is 0.227 e. The van der Waals surface area contributed by atoms with Gasteiger partial charge in [-0.05, 0) is 18.5 Å². The molecule has 0 saturated carbocycles. The Bertz CT molecular complexity index is 344. The van der Waals surface area contributed by atoms with Crippen LogP contribution in [0, 0.1) is 0 Å².